The predicted molar refractivity (Wildman–Crippen MR) is 48.8 cm³/mol. The van der Waals surface area contributed by atoms with E-state index >= 15 is 0 Å². The molecule has 0 spiro atoms. The van der Waals surface area contributed by atoms with Gasteiger partial charge in [-0.1, -0.05) is 11.8 Å². The Morgan fingerprint density at radius 3 is 2.53 bits per heavy atom. The number of rotatable bonds is 0. The van der Waals surface area contributed by atoms with Crippen molar-refractivity contribution >= 4 is 0 Å². The lowest BCUT2D eigenvalue weighted by molar-refractivity contribution is -0.168. The largest absolute Gasteiger partial charge is 0.405 e. The molecule has 1 heterocycles. The van der Waals surface area contributed by atoms with Crippen LogP contribution in [0.2, 0.25) is 0 Å². The Bertz CT molecular complexity index is 407. The number of hydrogen-bond acceptors (Lipinski definition) is 1. The van der Waals surface area contributed by atoms with Gasteiger partial charge >= 0.3 is 6.18 Å². The predicted octanol–water partition coefficient (Wildman–Crippen LogP) is 2.78. The summed E-state index contributed by atoms with van der Waals surface area (Å²) in [4.78, 5) is 3.78. The highest BCUT2D eigenvalue weighted by Gasteiger charge is 2.62. The van der Waals surface area contributed by atoms with Crippen LogP contribution in [0.25, 0.3) is 0 Å². The van der Waals surface area contributed by atoms with Gasteiger partial charge in [0.2, 0.25) is 0 Å². The van der Waals surface area contributed by atoms with Gasteiger partial charge in [0.1, 0.15) is 5.41 Å². The molecule has 15 heavy (non-hydrogen) atoms. The van der Waals surface area contributed by atoms with Gasteiger partial charge in [-0.15, -0.1) is 0 Å². The van der Waals surface area contributed by atoms with Gasteiger partial charge in [0.05, 0.1) is 0 Å². The molecule has 0 unspecified atom stereocenters. The fourth-order valence-corrected chi connectivity index (χ4v) is 1.23. The molecule has 1 aliphatic carbocycles. The minimum absolute atomic E-state index is 0.115. The second-order valence-electron chi connectivity index (χ2n) is 3.57. The van der Waals surface area contributed by atoms with E-state index in [0.29, 0.717) is 5.56 Å². The summed E-state index contributed by atoms with van der Waals surface area (Å²) >= 11 is 0. The van der Waals surface area contributed by atoms with E-state index in [-0.39, 0.29) is 12.8 Å². The highest BCUT2D eigenvalue weighted by Crippen LogP contribution is 2.57. The fourth-order valence-electron chi connectivity index (χ4n) is 1.23. The highest BCUT2D eigenvalue weighted by molar-refractivity contribution is 5.36. The molecule has 1 saturated carbocycles. The van der Waals surface area contributed by atoms with Crippen LogP contribution in [0.15, 0.2) is 24.5 Å². The molecule has 0 aliphatic heterocycles. The van der Waals surface area contributed by atoms with Gasteiger partial charge in [0.25, 0.3) is 0 Å². The van der Waals surface area contributed by atoms with Crippen LogP contribution in [0.5, 0.6) is 0 Å². The molecule has 1 aromatic heterocycles. The Balaban J connectivity index is 2.20. The van der Waals surface area contributed by atoms with E-state index in [1.54, 1.807) is 18.3 Å². The van der Waals surface area contributed by atoms with Gasteiger partial charge in [0.15, 0.2) is 0 Å². The first-order chi connectivity index (χ1) is 7.04. The molecule has 4 heteroatoms. The maximum absolute atomic E-state index is 12.5. The van der Waals surface area contributed by atoms with Crippen LogP contribution in [0.1, 0.15) is 18.4 Å². The summed E-state index contributed by atoms with van der Waals surface area (Å²) in [5, 5.41) is 0. The second-order valence-corrected chi connectivity index (χ2v) is 3.57. The van der Waals surface area contributed by atoms with Gasteiger partial charge in [-0.25, -0.2) is 0 Å². The third kappa shape index (κ3) is 1.96. The highest BCUT2D eigenvalue weighted by atomic mass is 19.4. The second kappa shape index (κ2) is 3.27. The average molecular weight is 211 g/mol. The van der Waals surface area contributed by atoms with E-state index in [1.165, 1.54) is 6.20 Å². The zero-order valence-electron chi connectivity index (χ0n) is 7.80. The van der Waals surface area contributed by atoms with E-state index < -0.39 is 11.6 Å². The Hall–Kier alpha value is -1.50. The van der Waals surface area contributed by atoms with Crippen LogP contribution in [0.4, 0.5) is 13.2 Å². The molecular formula is C11H8F3N. The van der Waals surface area contributed by atoms with Crippen LogP contribution in [0, 0.1) is 17.3 Å². The number of halogens is 3. The molecule has 0 aromatic carbocycles. The molecule has 0 radical (unpaired) electrons. The van der Waals surface area contributed by atoms with Crippen LogP contribution in [0.3, 0.4) is 0 Å². The molecule has 1 aliphatic rings. The first kappa shape index (κ1) is 10.0. The van der Waals surface area contributed by atoms with E-state index in [2.05, 4.69) is 16.8 Å². The monoisotopic (exact) mass is 211 g/mol. The van der Waals surface area contributed by atoms with Crippen molar-refractivity contribution in [3.63, 3.8) is 0 Å². The SMILES string of the molecule is FC(F)(F)C1(C#Cc2cccnc2)CC1. The van der Waals surface area contributed by atoms with Crippen molar-refractivity contribution in [2.75, 3.05) is 0 Å². The molecule has 2 rings (SSSR count). The first-order valence-electron chi connectivity index (χ1n) is 4.53. The summed E-state index contributed by atoms with van der Waals surface area (Å²) in [5.74, 6) is 4.83. The standard InChI is InChI=1S/C11H8F3N/c12-11(13,14)10(5-6-10)4-3-9-2-1-7-15-8-9/h1-2,7-8H,5-6H2. The van der Waals surface area contributed by atoms with Crippen LogP contribution in [-0.4, -0.2) is 11.2 Å². The van der Waals surface area contributed by atoms with Gasteiger partial charge < -0.3 is 0 Å². The summed E-state index contributed by atoms with van der Waals surface area (Å²) < 4.78 is 37.4. The van der Waals surface area contributed by atoms with Crippen molar-refractivity contribution in [2.45, 2.75) is 19.0 Å². The van der Waals surface area contributed by atoms with Crippen molar-refractivity contribution in [3.05, 3.63) is 30.1 Å². The normalized spacial score (nSPS) is 17.8. The minimum Gasteiger partial charge on any atom is -0.263 e. The van der Waals surface area contributed by atoms with Gasteiger partial charge in [-0.05, 0) is 25.0 Å². The summed E-state index contributed by atoms with van der Waals surface area (Å²) in [5.41, 5.74) is -1.23. The Morgan fingerprint density at radius 1 is 1.33 bits per heavy atom. The molecule has 1 aromatic rings. The molecule has 0 saturated heterocycles. The van der Waals surface area contributed by atoms with Gasteiger partial charge in [-0.2, -0.15) is 13.2 Å². The third-order valence-corrected chi connectivity index (χ3v) is 2.40. The fraction of sp³-hybridized carbons (Fsp3) is 0.364. The summed E-state index contributed by atoms with van der Waals surface area (Å²) in [6, 6.07) is 3.30. The first-order valence-corrected chi connectivity index (χ1v) is 4.53. The molecule has 0 N–H and O–H groups in total. The summed E-state index contributed by atoms with van der Waals surface area (Å²) in [7, 11) is 0. The maximum atomic E-state index is 12.5. The smallest absolute Gasteiger partial charge is 0.263 e. The average Bonchev–Trinajstić information content (AvgIpc) is 2.96. The Labute approximate surface area is 85.3 Å². The zero-order valence-corrected chi connectivity index (χ0v) is 7.80. The number of alkyl halides is 3. The minimum atomic E-state index is -4.21. The molecule has 0 atom stereocenters. The van der Waals surface area contributed by atoms with E-state index in [4.69, 9.17) is 0 Å². The lowest BCUT2D eigenvalue weighted by atomic mass is 10.1. The van der Waals surface area contributed by atoms with Crippen molar-refractivity contribution in [3.8, 4) is 11.8 Å². The molecular weight excluding hydrogens is 203 g/mol. The van der Waals surface area contributed by atoms with Gasteiger partial charge in [-0.3, -0.25) is 4.98 Å². The topological polar surface area (TPSA) is 12.9 Å². The van der Waals surface area contributed by atoms with Crippen LogP contribution >= 0.6 is 0 Å². The van der Waals surface area contributed by atoms with Crippen molar-refractivity contribution < 1.29 is 13.2 Å². The summed E-state index contributed by atoms with van der Waals surface area (Å²) in [6.45, 7) is 0. The van der Waals surface area contributed by atoms with E-state index in [9.17, 15) is 13.2 Å². The quantitative estimate of drug-likeness (QED) is 0.601. The van der Waals surface area contributed by atoms with Crippen LogP contribution in [-0.2, 0) is 0 Å². The summed E-state index contributed by atoms with van der Waals surface area (Å²) in [6.07, 6.45) is -0.961. The van der Waals surface area contributed by atoms with E-state index in [1.807, 2.05) is 0 Å². The lowest BCUT2D eigenvalue weighted by Crippen LogP contribution is -2.22. The van der Waals surface area contributed by atoms with Crippen molar-refractivity contribution in [1.82, 2.24) is 4.98 Å². The Kier molecular flexibility index (Phi) is 2.18. The number of nitrogens with zero attached hydrogens (tertiary/aromatic N) is 1. The number of pyridine rings is 1. The molecule has 0 bridgehead atoms. The molecule has 78 valence electrons. The van der Waals surface area contributed by atoms with Crippen LogP contribution < -0.4 is 0 Å². The zero-order chi connectivity index (χ0) is 10.9. The maximum Gasteiger partial charge on any atom is 0.405 e. The molecule has 1 nitrogen and oxygen atoms in total. The van der Waals surface area contributed by atoms with Crippen molar-refractivity contribution in [1.29, 1.82) is 0 Å². The van der Waals surface area contributed by atoms with Crippen molar-refractivity contribution in [2.24, 2.45) is 5.41 Å². The molecule has 1 fully saturated rings. The number of hydrogen-bond donors (Lipinski definition) is 0. The van der Waals surface area contributed by atoms with E-state index in [0.717, 1.165) is 0 Å². The Morgan fingerprint density at radius 2 is 2.07 bits per heavy atom. The third-order valence-electron chi connectivity index (χ3n) is 2.40. The van der Waals surface area contributed by atoms with Gasteiger partial charge in [0, 0.05) is 18.0 Å². The molecule has 0 amide bonds. The lowest BCUT2D eigenvalue weighted by Gasteiger charge is -2.11. The number of aromatic nitrogens is 1.